The average molecular weight is 290 g/mol. The van der Waals surface area contributed by atoms with E-state index in [1.54, 1.807) is 24.7 Å². The molecule has 0 N–H and O–H groups in total. The Hall–Kier alpha value is -2.95. The summed E-state index contributed by atoms with van der Waals surface area (Å²) in [6.07, 6.45) is 5.09. The molecule has 5 heteroatoms. The fourth-order valence-corrected chi connectivity index (χ4v) is 2.54. The molecule has 0 unspecified atom stereocenters. The Labute approximate surface area is 128 Å². The highest BCUT2D eigenvalue weighted by Gasteiger charge is 2.20. The minimum atomic E-state index is 0.522. The third kappa shape index (κ3) is 2.48. The van der Waals surface area contributed by atoms with E-state index in [1.165, 1.54) is 11.1 Å². The molecule has 108 valence electrons. The summed E-state index contributed by atoms with van der Waals surface area (Å²) in [4.78, 5) is 15.0. The Morgan fingerprint density at radius 2 is 1.73 bits per heavy atom. The average Bonchev–Trinajstić information content (AvgIpc) is 3.00. The fraction of sp³-hybridized carbons (Fsp3) is 0.118. The molecule has 1 aliphatic heterocycles. The molecule has 0 saturated carbocycles. The van der Waals surface area contributed by atoms with Gasteiger partial charge in [-0.15, -0.1) is 0 Å². The summed E-state index contributed by atoms with van der Waals surface area (Å²) in [5, 5.41) is 0. The molecule has 1 aliphatic rings. The zero-order valence-electron chi connectivity index (χ0n) is 11.9. The van der Waals surface area contributed by atoms with Gasteiger partial charge in [-0.3, -0.25) is 4.98 Å². The summed E-state index contributed by atoms with van der Waals surface area (Å²) in [6.45, 7) is 1.65. The Morgan fingerprint density at radius 1 is 0.909 bits per heavy atom. The molecule has 0 atom stereocenters. The first-order valence-electron chi connectivity index (χ1n) is 7.11. The predicted molar refractivity (Wildman–Crippen MR) is 82.7 cm³/mol. The smallest absolute Gasteiger partial charge is 0.229 e. The maximum absolute atomic E-state index is 5.72. The quantitative estimate of drug-likeness (QED) is 0.741. The van der Waals surface area contributed by atoms with Gasteiger partial charge in [0, 0.05) is 31.5 Å². The van der Waals surface area contributed by atoms with Crippen LogP contribution in [0.15, 0.2) is 61.1 Å². The molecule has 0 saturated heterocycles. The molecule has 0 radical (unpaired) electrons. The van der Waals surface area contributed by atoms with Gasteiger partial charge in [-0.05, 0) is 23.3 Å². The van der Waals surface area contributed by atoms with Crippen LogP contribution in [0, 0.1) is 0 Å². The zero-order valence-corrected chi connectivity index (χ0v) is 11.9. The van der Waals surface area contributed by atoms with E-state index in [-0.39, 0.29) is 0 Å². The highest BCUT2D eigenvalue weighted by molar-refractivity contribution is 5.44. The summed E-state index contributed by atoms with van der Waals surface area (Å²) in [5.41, 5.74) is 2.65. The number of nitrogens with zero attached hydrogens (tertiary/aromatic N) is 4. The second-order valence-electron chi connectivity index (χ2n) is 5.11. The SMILES string of the molecule is c1cncc(Oc2ccnc(N3Cc4ccccc4C3)n2)c1. The summed E-state index contributed by atoms with van der Waals surface area (Å²) < 4.78 is 5.72. The van der Waals surface area contributed by atoms with Crippen LogP contribution in [0.1, 0.15) is 11.1 Å². The topological polar surface area (TPSA) is 51.1 Å². The second-order valence-corrected chi connectivity index (χ2v) is 5.11. The number of fused-ring (bicyclic) bond motifs is 1. The van der Waals surface area contributed by atoms with E-state index in [4.69, 9.17) is 4.74 Å². The van der Waals surface area contributed by atoms with E-state index in [0.717, 1.165) is 13.1 Å². The molecule has 3 heterocycles. The monoisotopic (exact) mass is 290 g/mol. The van der Waals surface area contributed by atoms with Crippen molar-refractivity contribution in [3.8, 4) is 11.6 Å². The first kappa shape index (κ1) is 12.8. The summed E-state index contributed by atoms with van der Waals surface area (Å²) in [6, 6.07) is 13.8. The van der Waals surface area contributed by atoms with E-state index in [2.05, 4.69) is 44.1 Å². The van der Waals surface area contributed by atoms with E-state index < -0.39 is 0 Å². The minimum Gasteiger partial charge on any atom is -0.437 e. The zero-order chi connectivity index (χ0) is 14.8. The second kappa shape index (κ2) is 5.44. The third-order valence-corrected chi connectivity index (χ3v) is 3.60. The molecule has 2 aromatic heterocycles. The van der Waals surface area contributed by atoms with Crippen LogP contribution in [-0.2, 0) is 13.1 Å². The van der Waals surface area contributed by atoms with Crippen molar-refractivity contribution in [3.05, 3.63) is 72.2 Å². The molecule has 0 spiro atoms. The number of benzene rings is 1. The molecule has 22 heavy (non-hydrogen) atoms. The van der Waals surface area contributed by atoms with Gasteiger partial charge in [-0.1, -0.05) is 24.3 Å². The predicted octanol–water partition coefficient (Wildman–Crippen LogP) is 3.18. The largest absolute Gasteiger partial charge is 0.437 e. The van der Waals surface area contributed by atoms with Crippen LogP contribution in [0.2, 0.25) is 0 Å². The van der Waals surface area contributed by atoms with Crippen molar-refractivity contribution in [1.82, 2.24) is 15.0 Å². The van der Waals surface area contributed by atoms with Crippen molar-refractivity contribution in [1.29, 1.82) is 0 Å². The Morgan fingerprint density at radius 3 is 2.45 bits per heavy atom. The van der Waals surface area contributed by atoms with Gasteiger partial charge in [0.1, 0.15) is 5.75 Å². The van der Waals surface area contributed by atoms with Crippen molar-refractivity contribution >= 4 is 5.95 Å². The van der Waals surface area contributed by atoms with Crippen molar-refractivity contribution < 1.29 is 4.74 Å². The Kier molecular flexibility index (Phi) is 3.16. The number of rotatable bonds is 3. The van der Waals surface area contributed by atoms with Crippen molar-refractivity contribution in [2.24, 2.45) is 0 Å². The lowest BCUT2D eigenvalue weighted by atomic mass is 10.1. The number of ether oxygens (including phenoxy) is 1. The molecule has 0 amide bonds. The highest BCUT2D eigenvalue weighted by atomic mass is 16.5. The molecule has 0 bridgehead atoms. The van der Waals surface area contributed by atoms with Crippen LogP contribution in [0.5, 0.6) is 11.6 Å². The van der Waals surface area contributed by atoms with Crippen molar-refractivity contribution in [2.45, 2.75) is 13.1 Å². The first-order valence-corrected chi connectivity index (χ1v) is 7.11. The van der Waals surface area contributed by atoms with Crippen LogP contribution < -0.4 is 9.64 Å². The Bertz CT molecular complexity index is 766. The Balaban J connectivity index is 1.56. The van der Waals surface area contributed by atoms with Gasteiger partial charge in [-0.25, -0.2) is 4.98 Å². The number of pyridine rings is 1. The van der Waals surface area contributed by atoms with Gasteiger partial charge in [0.2, 0.25) is 11.8 Å². The normalized spacial score (nSPS) is 13.0. The molecule has 1 aromatic carbocycles. The lowest BCUT2D eigenvalue weighted by Gasteiger charge is -2.15. The molecule has 0 aliphatic carbocycles. The molecular formula is C17H14N4O. The van der Waals surface area contributed by atoms with E-state index in [0.29, 0.717) is 17.6 Å². The van der Waals surface area contributed by atoms with Gasteiger partial charge in [0.15, 0.2) is 0 Å². The minimum absolute atomic E-state index is 0.522. The van der Waals surface area contributed by atoms with Gasteiger partial charge in [-0.2, -0.15) is 4.98 Å². The molecule has 4 rings (SSSR count). The van der Waals surface area contributed by atoms with Gasteiger partial charge in [0.05, 0.1) is 6.20 Å². The fourth-order valence-electron chi connectivity index (χ4n) is 2.54. The number of hydrogen-bond donors (Lipinski definition) is 0. The van der Waals surface area contributed by atoms with Crippen LogP contribution in [0.4, 0.5) is 5.95 Å². The van der Waals surface area contributed by atoms with E-state index in [1.807, 2.05) is 12.1 Å². The van der Waals surface area contributed by atoms with Crippen LogP contribution in [-0.4, -0.2) is 15.0 Å². The maximum Gasteiger partial charge on any atom is 0.229 e. The summed E-state index contributed by atoms with van der Waals surface area (Å²) >= 11 is 0. The summed E-state index contributed by atoms with van der Waals surface area (Å²) in [7, 11) is 0. The van der Waals surface area contributed by atoms with Gasteiger partial charge in [0.25, 0.3) is 0 Å². The molecular weight excluding hydrogens is 276 g/mol. The number of anilines is 1. The lowest BCUT2D eigenvalue weighted by Crippen LogP contribution is -2.17. The van der Waals surface area contributed by atoms with E-state index >= 15 is 0 Å². The first-order chi connectivity index (χ1) is 10.9. The van der Waals surface area contributed by atoms with Crippen LogP contribution >= 0.6 is 0 Å². The summed E-state index contributed by atoms with van der Waals surface area (Å²) in [5.74, 6) is 1.86. The van der Waals surface area contributed by atoms with Gasteiger partial charge >= 0.3 is 0 Å². The van der Waals surface area contributed by atoms with E-state index in [9.17, 15) is 0 Å². The van der Waals surface area contributed by atoms with Crippen molar-refractivity contribution in [2.75, 3.05) is 4.90 Å². The third-order valence-electron chi connectivity index (χ3n) is 3.60. The van der Waals surface area contributed by atoms with Crippen LogP contribution in [0.25, 0.3) is 0 Å². The molecule has 3 aromatic rings. The standard InChI is InChI=1S/C17H14N4O/c1-2-5-14-12-21(11-13(14)4-1)17-19-9-7-16(20-17)22-15-6-3-8-18-10-15/h1-10H,11-12H2. The van der Waals surface area contributed by atoms with Crippen molar-refractivity contribution in [3.63, 3.8) is 0 Å². The number of aromatic nitrogens is 3. The molecule has 0 fully saturated rings. The van der Waals surface area contributed by atoms with Gasteiger partial charge < -0.3 is 9.64 Å². The lowest BCUT2D eigenvalue weighted by molar-refractivity contribution is 0.459. The highest BCUT2D eigenvalue weighted by Crippen LogP contribution is 2.27. The number of hydrogen-bond acceptors (Lipinski definition) is 5. The molecule has 5 nitrogen and oxygen atoms in total. The maximum atomic E-state index is 5.72. The van der Waals surface area contributed by atoms with Crippen LogP contribution in [0.3, 0.4) is 0 Å².